The second-order valence-electron chi connectivity index (χ2n) is 7.58. The Kier molecular flexibility index (Phi) is 7.13. The molecule has 31 heavy (non-hydrogen) atoms. The van der Waals surface area contributed by atoms with Gasteiger partial charge < -0.3 is 4.90 Å². The molecule has 3 rings (SSSR count). The maximum absolute atomic E-state index is 13.4. The van der Waals surface area contributed by atoms with Crippen LogP contribution in [0.2, 0.25) is 0 Å². The zero-order chi connectivity index (χ0) is 22.4. The molecule has 0 aromatic heterocycles. The van der Waals surface area contributed by atoms with Gasteiger partial charge in [0, 0.05) is 13.6 Å². The highest BCUT2D eigenvalue weighted by Gasteiger charge is 2.28. The molecule has 0 aliphatic heterocycles. The van der Waals surface area contributed by atoms with Crippen LogP contribution in [0.5, 0.6) is 0 Å². The topological polar surface area (TPSA) is 57.7 Å². The smallest absolute Gasteiger partial charge is 0.264 e. The lowest BCUT2D eigenvalue weighted by Crippen LogP contribution is -2.41. The summed E-state index contributed by atoms with van der Waals surface area (Å²) in [7, 11) is -2.20. The number of aryl methyl sites for hydroxylation is 2. The van der Waals surface area contributed by atoms with E-state index in [0.717, 1.165) is 23.1 Å². The van der Waals surface area contributed by atoms with Gasteiger partial charge in [0.15, 0.2) is 0 Å². The van der Waals surface area contributed by atoms with E-state index in [1.807, 2.05) is 50.2 Å². The van der Waals surface area contributed by atoms with Crippen LogP contribution in [0.25, 0.3) is 0 Å². The molecule has 3 aromatic rings. The van der Waals surface area contributed by atoms with E-state index in [9.17, 15) is 13.2 Å². The standard InChI is InChI=1S/C25H28N2O3S/c1-4-21-14-16-23(17-15-21)27(31(29,30)24-8-6-5-7-9-24)19-25(28)26(3)18-22-12-10-20(2)11-13-22/h5-17H,4,18-19H2,1-3H3. The number of hydrogen-bond acceptors (Lipinski definition) is 3. The third kappa shape index (κ3) is 5.52. The fraction of sp³-hybridized carbons (Fsp3) is 0.240. The van der Waals surface area contributed by atoms with Crippen molar-refractivity contribution in [3.8, 4) is 0 Å². The van der Waals surface area contributed by atoms with Crippen molar-refractivity contribution < 1.29 is 13.2 Å². The van der Waals surface area contributed by atoms with Crippen molar-refractivity contribution in [3.05, 3.63) is 95.6 Å². The summed E-state index contributed by atoms with van der Waals surface area (Å²) in [5.74, 6) is -0.278. The minimum atomic E-state index is -3.89. The highest BCUT2D eigenvalue weighted by atomic mass is 32.2. The van der Waals surface area contributed by atoms with Gasteiger partial charge in [-0.3, -0.25) is 9.10 Å². The highest BCUT2D eigenvalue weighted by molar-refractivity contribution is 7.92. The molecule has 0 aliphatic rings. The fourth-order valence-electron chi connectivity index (χ4n) is 3.23. The van der Waals surface area contributed by atoms with E-state index in [1.165, 1.54) is 4.31 Å². The second-order valence-corrected chi connectivity index (χ2v) is 9.44. The van der Waals surface area contributed by atoms with Gasteiger partial charge in [0.05, 0.1) is 10.6 Å². The molecule has 0 heterocycles. The number of rotatable bonds is 8. The summed E-state index contributed by atoms with van der Waals surface area (Å²) in [5.41, 5.74) is 3.71. The summed E-state index contributed by atoms with van der Waals surface area (Å²) in [6.07, 6.45) is 0.851. The summed E-state index contributed by atoms with van der Waals surface area (Å²) in [4.78, 5) is 14.7. The molecule has 0 saturated heterocycles. The Hall–Kier alpha value is -3.12. The molecule has 1 amide bonds. The zero-order valence-corrected chi connectivity index (χ0v) is 19.0. The molecule has 0 bridgehead atoms. The number of sulfonamides is 1. The Balaban J connectivity index is 1.88. The van der Waals surface area contributed by atoms with Crippen LogP contribution in [-0.4, -0.2) is 32.8 Å². The van der Waals surface area contributed by atoms with Crippen LogP contribution < -0.4 is 4.31 Å². The van der Waals surface area contributed by atoms with Crippen molar-refractivity contribution in [2.75, 3.05) is 17.9 Å². The van der Waals surface area contributed by atoms with Crippen molar-refractivity contribution in [1.82, 2.24) is 4.90 Å². The third-order valence-corrected chi connectivity index (χ3v) is 7.00. The average Bonchev–Trinajstić information content (AvgIpc) is 2.79. The number of carbonyl (C=O) groups is 1. The van der Waals surface area contributed by atoms with E-state index >= 15 is 0 Å². The number of nitrogens with zero attached hydrogens (tertiary/aromatic N) is 2. The monoisotopic (exact) mass is 436 g/mol. The van der Waals surface area contributed by atoms with Gasteiger partial charge in [-0.15, -0.1) is 0 Å². The molecular formula is C25H28N2O3S. The van der Waals surface area contributed by atoms with Gasteiger partial charge in [-0.2, -0.15) is 0 Å². The van der Waals surface area contributed by atoms with E-state index in [2.05, 4.69) is 0 Å². The van der Waals surface area contributed by atoms with Crippen molar-refractivity contribution in [3.63, 3.8) is 0 Å². The lowest BCUT2D eigenvalue weighted by atomic mass is 10.1. The first-order chi connectivity index (χ1) is 14.8. The summed E-state index contributed by atoms with van der Waals surface area (Å²) < 4.78 is 28.0. The van der Waals surface area contributed by atoms with Crippen LogP contribution in [0.4, 0.5) is 5.69 Å². The Bertz CT molecular complexity index is 1110. The van der Waals surface area contributed by atoms with Crippen molar-refractivity contribution in [2.45, 2.75) is 31.7 Å². The van der Waals surface area contributed by atoms with E-state index < -0.39 is 10.0 Å². The predicted molar refractivity (Wildman–Crippen MR) is 124 cm³/mol. The first-order valence-corrected chi connectivity index (χ1v) is 11.7. The van der Waals surface area contributed by atoms with Crippen LogP contribution >= 0.6 is 0 Å². The van der Waals surface area contributed by atoms with Crippen LogP contribution in [0.1, 0.15) is 23.6 Å². The average molecular weight is 437 g/mol. The molecule has 0 unspecified atom stereocenters. The number of likely N-dealkylation sites (N-methyl/N-ethyl adjacent to an activating group) is 1. The third-order valence-electron chi connectivity index (χ3n) is 5.21. The number of amides is 1. The number of benzene rings is 3. The summed E-state index contributed by atoms with van der Waals surface area (Å²) >= 11 is 0. The SMILES string of the molecule is CCc1ccc(N(CC(=O)N(C)Cc2ccc(C)cc2)S(=O)(=O)c2ccccc2)cc1. The van der Waals surface area contributed by atoms with E-state index in [-0.39, 0.29) is 17.3 Å². The van der Waals surface area contributed by atoms with Gasteiger partial charge in [-0.1, -0.05) is 67.1 Å². The molecule has 0 saturated carbocycles. The molecular weight excluding hydrogens is 408 g/mol. The van der Waals surface area contributed by atoms with E-state index in [0.29, 0.717) is 12.2 Å². The number of carbonyl (C=O) groups excluding carboxylic acids is 1. The molecule has 0 radical (unpaired) electrons. The maximum atomic E-state index is 13.4. The van der Waals surface area contributed by atoms with E-state index in [4.69, 9.17) is 0 Å². The van der Waals surface area contributed by atoms with E-state index in [1.54, 1.807) is 54.4 Å². The predicted octanol–water partition coefficient (Wildman–Crippen LogP) is 4.41. The molecule has 0 spiro atoms. The van der Waals surface area contributed by atoms with Gasteiger partial charge in [-0.25, -0.2) is 8.42 Å². The Morgan fingerprint density at radius 1 is 0.839 bits per heavy atom. The number of anilines is 1. The summed E-state index contributed by atoms with van der Waals surface area (Å²) in [6, 6.07) is 23.4. The zero-order valence-electron chi connectivity index (χ0n) is 18.2. The number of hydrogen-bond donors (Lipinski definition) is 0. The van der Waals surface area contributed by atoms with Gasteiger partial charge in [-0.05, 0) is 48.7 Å². The molecule has 162 valence electrons. The van der Waals surface area contributed by atoms with Crippen molar-refractivity contribution >= 4 is 21.6 Å². The Labute approximate surface area is 185 Å². The first kappa shape index (κ1) is 22.6. The second kappa shape index (κ2) is 9.79. The van der Waals surface area contributed by atoms with Gasteiger partial charge in [0.2, 0.25) is 5.91 Å². The molecule has 0 atom stereocenters. The van der Waals surface area contributed by atoms with Gasteiger partial charge in [0.25, 0.3) is 10.0 Å². The summed E-state index contributed by atoms with van der Waals surface area (Å²) in [5, 5.41) is 0. The minimum Gasteiger partial charge on any atom is -0.340 e. The van der Waals surface area contributed by atoms with Gasteiger partial charge in [0.1, 0.15) is 6.54 Å². The minimum absolute atomic E-state index is 0.156. The van der Waals surface area contributed by atoms with Crippen LogP contribution in [0, 0.1) is 6.92 Å². The Morgan fingerprint density at radius 3 is 2.00 bits per heavy atom. The quantitative estimate of drug-likeness (QED) is 0.526. The van der Waals surface area contributed by atoms with Crippen LogP contribution in [0.3, 0.4) is 0 Å². The van der Waals surface area contributed by atoms with Crippen molar-refractivity contribution in [2.24, 2.45) is 0 Å². The molecule has 5 nitrogen and oxygen atoms in total. The van der Waals surface area contributed by atoms with Crippen LogP contribution in [-0.2, 0) is 27.8 Å². The lowest BCUT2D eigenvalue weighted by molar-refractivity contribution is -0.128. The maximum Gasteiger partial charge on any atom is 0.264 e. The normalized spacial score (nSPS) is 11.2. The summed E-state index contributed by atoms with van der Waals surface area (Å²) in [6.45, 7) is 4.18. The highest BCUT2D eigenvalue weighted by Crippen LogP contribution is 2.24. The molecule has 0 aliphatic carbocycles. The van der Waals surface area contributed by atoms with Crippen LogP contribution in [0.15, 0.2) is 83.8 Å². The molecule has 6 heteroatoms. The van der Waals surface area contributed by atoms with Gasteiger partial charge >= 0.3 is 0 Å². The lowest BCUT2D eigenvalue weighted by Gasteiger charge is -2.27. The first-order valence-electron chi connectivity index (χ1n) is 10.3. The molecule has 0 N–H and O–H groups in total. The molecule has 0 fully saturated rings. The Morgan fingerprint density at radius 2 is 1.42 bits per heavy atom. The fourth-order valence-corrected chi connectivity index (χ4v) is 4.67. The molecule has 3 aromatic carbocycles. The largest absolute Gasteiger partial charge is 0.340 e. The van der Waals surface area contributed by atoms with Crippen molar-refractivity contribution in [1.29, 1.82) is 0 Å².